The van der Waals surface area contributed by atoms with Gasteiger partial charge in [-0.25, -0.2) is 40.1 Å². The van der Waals surface area contributed by atoms with E-state index >= 15 is 30.7 Å². The minimum absolute atomic E-state index is 0.156. The highest BCUT2D eigenvalue weighted by molar-refractivity contribution is 7.92. The lowest BCUT2D eigenvalue weighted by atomic mass is 9.77. The molecule has 4 amide bonds. The number of nitrogens with zero attached hydrogens (tertiary/aromatic N) is 6. The molecule has 2 aliphatic carbocycles. The first-order valence-electron chi connectivity index (χ1n) is 30.5. The van der Waals surface area contributed by atoms with Gasteiger partial charge in [-0.15, -0.1) is 0 Å². The molecule has 3 aromatic heterocycles. The van der Waals surface area contributed by atoms with Crippen molar-refractivity contribution >= 4 is 87.0 Å². The van der Waals surface area contributed by atoms with Gasteiger partial charge >= 0.3 is 32.1 Å². The Morgan fingerprint density at radius 2 is 1.51 bits per heavy atom. The van der Waals surface area contributed by atoms with Crippen LogP contribution in [0.3, 0.4) is 0 Å². The molecule has 1 fully saturated rings. The van der Waals surface area contributed by atoms with Crippen LogP contribution in [-0.4, -0.2) is 127 Å². The molecule has 0 radical (unpaired) electrons. The highest BCUT2D eigenvalue weighted by Crippen LogP contribution is 2.68. The van der Waals surface area contributed by atoms with Crippen LogP contribution in [-0.2, 0) is 109 Å². The molecular weight excluding hydrogens is 1460 g/mol. The SMILES string of the molecule is CC(C)OP(=O)(Oc1cc(C(N)=O)cc(CC(=O)N[C@@H](CC(=O)O)C(=O)O)c1C(C)(C)CC(=O)N(Cc1nn(CC(F)(F)F)c2c(-c3ccc(C#CC(C)(C)S(C)(=O)=O)nc3[C@H](Cc3cc(F)cc(F)c3)NC(=O)Cn3nc(C(F)(F)F)c4c3C(F)(F)[C@@H]3C[C@H]43)ccc(Cl)c12)S(=O)O)OC(C)C. The van der Waals surface area contributed by atoms with E-state index in [1.165, 1.54) is 55.4 Å². The summed E-state index contributed by atoms with van der Waals surface area (Å²) in [4.78, 5) is 84.4. The Hall–Kier alpha value is -8.53. The number of amides is 4. The summed E-state index contributed by atoms with van der Waals surface area (Å²) in [7, 11) is -8.88. The first-order chi connectivity index (χ1) is 46.9. The molecule has 0 aliphatic heterocycles. The van der Waals surface area contributed by atoms with Crippen molar-refractivity contribution in [3.8, 4) is 28.7 Å². The Bertz CT molecular complexity index is 4620. The molecule has 2 aliphatic rings. The number of carboxylic acid groups (broad SMARTS) is 2. The van der Waals surface area contributed by atoms with Crippen molar-refractivity contribution in [2.45, 2.75) is 166 Å². The summed E-state index contributed by atoms with van der Waals surface area (Å²) in [6, 6.07) is 4.32. The van der Waals surface area contributed by atoms with Crippen molar-refractivity contribution in [3.05, 3.63) is 128 Å². The van der Waals surface area contributed by atoms with Gasteiger partial charge in [0.15, 0.2) is 15.5 Å². The largest absolute Gasteiger partial charge is 0.530 e. The number of aliphatic carboxylic acids is 2. The molecule has 102 heavy (non-hydrogen) atoms. The molecule has 3 heterocycles. The first-order valence-corrected chi connectivity index (χ1v) is 35.3. The fourth-order valence-electron chi connectivity index (χ4n) is 11.7. The van der Waals surface area contributed by atoms with Gasteiger partial charge in [0, 0.05) is 63.3 Å². The maximum absolute atomic E-state index is 15.8. The quantitative estimate of drug-likeness (QED) is 0.0115. The van der Waals surface area contributed by atoms with E-state index in [4.69, 9.17) is 30.9 Å². The van der Waals surface area contributed by atoms with E-state index < -0.39 is 247 Å². The Morgan fingerprint density at radius 1 is 0.892 bits per heavy atom. The van der Waals surface area contributed by atoms with Crippen LogP contribution in [0.25, 0.3) is 22.0 Å². The number of sulfone groups is 1. The number of hydrogen-bond acceptors (Lipinski definition) is 16. The van der Waals surface area contributed by atoms with Crippen molar-refractivity contribution in [2.75, 3.05) is 6.26 Å². The predicted molar refractivity (Wildman–Crippen MR) is 343 cm³/mol. The molecule has 39 heteroatoms. The predicted octanol–water partition coefficient (Wildman–Crippen LogP) is 10.1. The van der Waals surface area contributed by atoms with Crippen molar-refractivity contribution in [2.24, 2.45) is 11.7 Å². The standard InChI is InChI=1S/C63H65ClF10N9O16PS2/c1-29(2)97-100(92,98-30(3)4)99-45-20-33(57(75)89)19-32(21-46(84)78-43(58(90)91)24-49(87)88)52(45)59(5,6)25-48(86)83(101(93)94)26-44-51-41(64)13-12-38(54(51)82(79-44)28-61(67,68)69)37-11-10-36(14-15-60(7,8)102(9,95)96)76-53(37)42(18-31-16-34(65)22-35(66)17-31)77-47(85)27-81-56-50(55(80-81)63(72,73)74)39-23-40(39)62(56,70)71/h10-13,16-17,19-20,22,29-30,39-40,42-43H,18,21,23-28H2,1-9H3,(H2,75,89)(H,77,85)(H,78,84)(H,87,88)(H,90,91)(H,93,94)/t39-,40+,42-,43-/m0/s1. The normalized spacial score (nSPS) is 16.2. The molecule has 0 spiro atoms. The first kappa shape index (κ1) is 79.2. The van der Waals surface area contributed by atoms with E-state index in [0.717, 1.165) is 54.8 Å². The molecule has 7 N–H and O–H groups in total. The number of alkyl halides is 8. The number of fused-ring (bicyclic) bond motifs is 4. The summed E-state index contributed by atoms with van der Waals surface area (Å²) in [5.74, 6) is -13.4. The number of primary amides is 1. The molecule has 1 unspecified atom stereocenters. The number of phosphoric ester groups is 1. The lowest BCUT2D eigenvalue weighted by Gasteiger charge is -2.32. The number of benzene rings is 3. The van der Waals surface area contributed by atoms with E-state index in [9.17, 15) is 73.9 Å². The van der Waals surface area contributed by atoms with Gasteiger partial charge in [-0.2, -0.15) is 45.3 Å². The summed E-state index contributed by atoms with van der Waals surface area (Å²) < 4.78 is 231. The topological polar surface area (TPSA) is 361 Å². The summed E-state index contributed by atoms with van der Waals surface area (Å²) >= 11 is 3.35. The van der Waals surface area contributed by atoms with Crippen LogP contribution in [0.5, 0.6) is 5.75 Å². The Balaban J connectivity index is 1.30. The molecule has 3 aromatic carbocycles. The average molecular weight is 1520 g/mol. The number of aromatic nitrogens is 5. The molecule has 6 aromatic rings. The van der Waals surface area contributed by atoms with Gasteiger partial charge in [0.1, 0.15) is 52.7 Å². The minimum Gasteiger partial charge on any atom is -0.481 e. The van der Waals surface area contributed by atoms with Crippen LogP contribution in [0, 0.1) is 29.4 Å². The second kappa shape index (κ2) is 29.3. The molecule has 5 atom stereocenters. The second-order valence-corrected chi connectivity index (χ2v) is 31.2. The third-order valence-electron chi connectivity index (χ3n) is 16.2. The monoisotopic (exact) mass is 1520 g/mol. The fraction of sp³-hybridized carbons (Fsp3) is 0.444. The van der Waals surface area contributed by atoms with Crippen LogP contribution in [0.2, 0.25) is 5.02 Å². The number of halogens is 11. The molecule has 0 bridgehead atoms. The van der Waals surface area contributed by atoms with E-state index in [1.807, 2.05) is 5.32 Å². The number of carboxylic acids is 2. The van der Waals surface area contributed by atoms with Crippen molar-refractivity contribution < 1.29 is 118 Å². The number of hydrogen-bond donors (Lipinski definition) is 6. The van der Waals surface area contributed by atoms with Gasteiger partial charge in [-0.1, -0.05) is 37.4 Å². The highest BCUT2D eigenvalue weighted by atomic mass is 35.5. The van der Waals surface area contributed by atoms with Crippen LogP contribution >= 0.6 is 19.4 Å². The highest BCUT2D eigenvalue weighted by Gasteiger charge is 2.68. The van der Waals surface area contributed by atoms with Crippen molar-refractivity contribution in [1.82, 2.24) is 39.5 Å². The zero-order chi connectivity index (χ0) is 76.2. The minimum atomic E-state index is -5.29. The maximum atomic E-state index is 15.8. The third-order valence-corrected chi connectivity index (χ3v) is 20.9. The van der Waals surface area contributed by atoms with Crippen LogP contribution in [0.1, 0.15) is 148 Å². The van der Waals surface area contributed by atoms with Gasteiger partial charge in [0.25, 0.3) is 17.2 Å². The van der Waals surface area contributed by atoms with Gasteiger partial charge < -0.3 is 31.1 Å². The number of nitrogens with two attached hydrogens (primary N) is 1. The molecule has 0 saturated heterocycles. The Morgan fingerprint density at radius 3 is 2.06 bits per heavy atom. The van der Waals surface area contributed by atoms with Crippen molar-refractivity contribution in [3.63, 3.8) is 0 Å². The van der Waals surface area contributed by atoms with Gasteiger partial charge in [-0.3, -0.25) is 46.9 Å². The second-order valence-electron chi connectivity index (χ2n) is 25.8. The number of phosphoric acid groups is 1. The maximum Gasteiger partial charge on any atom is 0.530 e. The number of nitrogens with one attached hydrogen (secondary N) is 2. The number of rotatable bonds is 28. The van der Waals surface area contributed by atoms with Gasteiger partial charge in [0.05, 0.1) is 59.6 Å². The average Bonchev–Trinajstić information content (AvgIpc) is 1.51. The molecule has 552 valence electrons. The number of carbonyl (C=O) groups is 6. The van der Waals surface area contributed by atoms with Crippen molar-refractivity contribution in [1.29, 1.82) is 0 Å². The smallest absolute Gasteiger partial charge is 0.481 e. The van der Waals surface area contributed by atoms with E-state index in [1.54, 1.807) is 0 Å². The molecule has 8 rings (SSSR count). The zero-order valence-electron chi connectivity index (χ0n) is 55.1. The summed E-state index contributed by atoms with van der Waals surface area (Å²) in [6.07, 6.45) is -15.8. The van der Waals surface area contributed by atoms with E-state index in [-0.39, 0.29) is 43.4 Å². The van der Waals surface area contributed by atoms with E-state index in [0.29, 0.717) is 10.7 Å². The Labute approximate surface area is 582 Å². The van der Waals surface area contributed by atoms with E-state index in [2.05, 4.69) is 32.3 Å². The summed E-state index contributed by atoms with van der Waals surface area (Å²) in [5, 5.41) is 30.2. The molecule has 1 saturated carbocycles. The van der Waals surface area contributed by atoms with Gasteiger partial charge in [-0.05, 0) is 120 Å². The lowest BCUT2D eigenvalue weighted by molar-refractivity contribution is -0.147. The van der Waals surface area contributed by atoms with Gasteiger partial charge in [0.2, 0.25) is 23.6 Å². The summed E-state index contributed by atoms with van der Waals surface area (Å²) in [6.45, 7) is 5.95. The number of pyridine rings is 1. The number of carbonyl (C=O) groups excluding carboxylic acids is 4. The third kappa shape index (κ3) is 18.1. The van der Waals surface area contributed by atoms with Crippen LogP contribution in [0.4, 0.5) is 43.9 Å². The molecule has 25 nitrogen and oxygen atoms in total. The van der Waals surface area contributed by atoms with Crippen LogP contribution in [0.15, 0.2) is 54.6 Å². The fourth-order valence-corrected chi connectivity index (χ4v) is 14.2. The van der Waals surface area contributed by atoms with Crippen LogP contribution < -0.4 is 20.9 Å². The summed E-state index contributed by atoms with van der Waals surface area (Å²) in [5.41, 5.74) is -4.46. The molecular formula is C63H65ClF10N9O16PS2. The Kier molecular flexibility index (Phi) is 22.8. The lowest BCUT2D eigenvalue weighted by Crippen LogP contribution is -2.43. The zero-order valence-corrected chi connectivity index (χ0v) is 58.4.